The Kier molecular flexibility index (Phi) is 5.68. The molecule has 1 aromatic carbocycles. The molecule has 4 heterocycles. The van der Waals surface area contributed by atoms with Crippen molar-refractivity contribution in [2.75, 3.05) is 21.6 Å². The number of imidazole rings is 1. The Hall–Kier alpha value is -3.97. The number of rotatable bonds is 5. The van der Waals surface area contributed by atoms with Gasteiger partial charge < -0.3 is 9.84 Å². The van der Waals surface area contributed by atoms with E-state index in [0.717, 1.165) is 28.0 Å². The number of thiazole rings is 1. The zero-order valence-corrected chi connectivity index (χ0v) is 21.5. The smallest absolute Gasteiger partial charge is 0.324 e. The summed E-state index contributed by atoms with van der Waals surface area (Å²) >= 11 is 1.36. The molecule has 4 aromatic heterocycles. The van der Waals surface area contributed by atoms with Gasteiger partial charge in [-0.1, -0.05) is 49.4 Å². The Labute approximate surface area is 210 Å². The second kappa shape index (κ2) is 8.60. The maximum absolute atomic E-state index is 12.3. The van der Waals surface area contributed by atoms with Crippen LogP contribution in [0.5, 0.6) is 0 Å². The number of nitrogens with zero attached hydrogens (tertiary/aromatic N) is 4. The number of benzene rings is 1. The molecule has 0 aliphatic rings. The summed E-state index contributed by atoms with van der Waals surface area (Å²) < 4.78 is 32.5. The normalized spacial score (nSPS) is 12.2. The number of fused-ring (bicyclic) bond motifs is 3. The van der Waals surface area contributed by atoms with Crippen molar-refractivity contribution in [2.45, 2.75) is 26.2 Å². The van der Waals surface area contributed by atoms with E-state index in [4.69, 9.17) is 4.52 Å². The highest BCUT2D eigenvalue weighted by Crippen LogP contribution is 2.30. The van der Waals surface area contributed by atoms with Crippen LogP contribution in [0.4, 0.5) is 22.1 Å². The van der Waals surface area contributed by atoms with Crippen molar-refractivity contribution in [1.82, 2.24) is 19.5 Å². The first kappa shape index (κ1) is 23.8. The Bertz CT molecular complexity index is 1690. The minimum atomic E-state index is -3.40. The van der Waals surface area contributed by atoms with Gasteiger partial charge in [0.05, 0.1) is 17.5 Å². The van der Waals surface area contributed by atoms with Gasteiger partial charge in [-0.25, -0.2) is 23.2 Å². The van der Waals surface area contributed by atoms with Crippen molar-refractivity contribution in [3.63, 3.8) is 0 Å². The number of anilines is 3. The van der Waals surface area contributed by atoms with E-state index < -0.39 is 16.1 Å². The fourth-order valence-corrected chi connectivity index (χ4v) is 4.94. The predicted octanol–water partition coefficient (Wildman–Crippen LogP) is 4.91. The number of sulfonamides is 1. The molecular weight excluding hydrogens is 502 g/mol. The summed E-state index contributed by atoms with van der Waals surface area (Å²) in [5, 5.41) is 9.32. The summed E-state index contributed by atoms with van der Waals surface area (Å²) in [5.41, 5.74) is 2.86. The van der Waals surface area contributed by atoms with Gasteiger partial charge in [-0.05, 0) is 24.3 Å². The van der Waals surface area contributed by atoms with Crippen LogP contribution in [0.3, 0.4) is 0 Å². The Morgan fingerprint density at radius 2 is 1.78 bits per heavy atom. The van der Waals surface area contributed by atoms with Crippen molar-refractivity contribution >= 4 is 60.0 Å². The molecule has 13 heteroatoms. The second-order valence-electron chi connectivity index (χ2n) is 9.26. The lowest BCUT2D eigenvalue weighted by Gasteiger charge is -2.12. The van der Waals surface area contributed by atoms with Crippen LogP contribution in [0, 0.1) is 0 Å². The van der Waals surface area contributed by atoms with Crippen molar-refractivity contribution < 1.29 is 17.7 Å². The van der Waals surface area contributed by atoms with E-state index in [1.54, 1.807) is 30.3 Å². The summed E-state index contributed by atoms with van der Waals surface area (Å²) in [4.78, 5) is 22.8. The first-order chi connectivity index (χ1) is 16.9. The maximum Gasteiger partial charge on any atom is 0.324 e. The van der Waals surface area contributed by atoms with Gasteiger partial charge in [-0.3, -0.25) is 14.4 Å². The molecule has 0 spiro atoms. The molecule has 186 valence electrons. The van der Waals surface area contributed by atoms with Crippen LogP contribution in [-0.2, 0) is 15.4 Å². The highest BCUT2D eigenvalue weighted by Gasteiger charge is 2.20. The van der Waals surface area contributed by atoms with E-state index in [2.05, 4.69) is 30.5 Å². The SMILES string of the molecule is CC(C)(C)c1cc(NC(=O)Nc2ccc(-c3cn4c(n3)sc3nc(NS(C)(=O)=O)ccc34)cc2)no1. The molecule has 0 fully saturated rings. The number of aromatic nitrogens is 4. The molecule has 0 saturated heterocycles. The molecule has 0 aliphatic heterocycles. The van der Waals surface area contributed by atoms with Crippen molar-refractivity contribution in [1.29, 1.82) is 0 Å². The standard InChI is InChI=1S/C23H23N7O4S2/c1-23(2,3)17-11-19(28-34-17)27-21(31)24-14-7-5-13(6-8-14)15-12-30-16-9-10-18(29-36(4,32)33)26-20(16)35-22(30)25-15/h5-12H,1-4H3,(H,26,29)(H2,24,27,28,31). The number of carbonyl (C=O) groups excluding carboxylic acids is 1. The highest BCUT2D eigenvalue weighted by atomic mass is 32.2. The number of carbonyl (C=O) groups is 1. The van der Waals surface area contributed by atoms with Crippen LogP contribution in [0.2, 0.25) is 0 Å². The van der Waals surface area contributed by atoms with Crippen molar-refractivity contribution in [3.8, 4) is 11.3 Å². The average Bonchev–Trinajstić information content (AvgIpc) is 3.47. The Morgan fingerprint density at radius 3 is 2.44 bits per heavy atom. The number of hydrogen-bond donors (Lipinski definition) is 3. The molecular formula is C23H23N7O4S2. The van der Waals surface area contributed by atoms with E-state index in [1.807, 2.05) is 43.5 Å². The van der Waals surface area contributed by atoms with E-state index in [0.29, 0.717) is 22.1 Å². The quantitative estimate of drug-likeness (QED) is 0.296. The van der Waals surface area contributed by atoms with Crippen LogP contribution in [0.1, 0.15) is 26.5 Å². The monoisotopic (exact) mass is 525 g/mol. The van der Waals surface area contributed by atoms with Gasteiger partial charge in [-0.2, -0.15) is 0 Å². The van der Waals surface area contributed by atoms with Gasteiger partial charge >= 0.3 is 6.03 Å². The predicted molar refractivity (Wildman–Crippen MR) is 140 cm³/mol. The lowest BCUT2D eigenvalue weighted by Crippen LogP contribution is -2.19. The van der Waals surface area contributed by atoms with Crippen LogP contribution < -0.4 is 15.4 Å². The minimum absolute atomic E-state index is 0.206. The van der Waals surface area contributed by atoms with E-state index in [9.17, 15) is 13.2 Å². The zero-order chi connectivity index (χ0) is 25.7. The Morgan fingerprint density at radius 1 is 1.03 bits per heavy atom. The molecule has 36 heavy (non-hydrogen) atoms. The Balaban J connectivity index is 1.29. The summed E-state index contributed by atoms with van der Waals surface area (Å²) in [7, 11) is -3.40. The van der Waals surface area contributed by atoms with Gasteiger partial charge in [0.2, 0.25) is 10.0 Å². The highest BCUT2D eigenvalue weighted by molar-refractivity contribution is 7.92. The lowest BCUT2D eigenvalue weighted by atomic mass is 9.93. The number of pyridine rings is 1. The van der Waals surface area contributed by atoms with E-state index >= 15 is 0 Å². The van der Waals surface area contributed by atoms with Gasteiger partial charge in [0.1, 0.15) is 16.4 Å². The molecule has 2 amide bonds. The summed E-state index contributed by atoms with van der Waals surface area (Å²) in [6.07, 6.45) is 2.98. The van der Waals surface area contributed by atoms with E-state index in [-0.39, 0.29) is 11.2 Å². The third kappa shape index (κ3) is 5.02. The van der Waals surface area contributed by atoms with Crippen LogP contribution in [0.15, 0.2) is 53.2 Å². The molecule has 0 radical (unpaired) electrons. The second-order valence-corrected chi connectivity index (χ2v) is 12.0. The fourth-order valence-electron chi connectivity index (χ4n) is 3.46. The van der Waals surface area contributed by atoms with Gasteiger partial charge in [0.25, 0.3) is 0 Å². The number of nitrogens with one attached hydrogen (secondary N) is 3. The van der Waals surface area contributed by atoms with Crippen LogP contribution in [-0.4, -0.2) is 40.2 Å². The van der Waals surface area contributed by atoms with Gasteiger partial charge in [-0.15, -0.1) is 0 Å². The third-order valence-electron chi connectivity index (χ3n) is 5.18. The molecule has 11 nitrogen and oxygen atoms in total. The molecule has 5 rings (SSSR count). The zero-order valence-electron chi connectivity index (χ0n) is 19.9. The van der Waals surface area contributed by atoms with Gasteiger partial charge in [0, 0.05) is 28.9 Å². The topological polar surface area (TPSA) is 144 Å². The van der Waals surface area contributed by atoms with E-state index in [1.165, 1.54) is 11.3 Å². The lowest BCUT2D eigenvalue weighted by molar-refractivity contribution is 0.262. The van der Waals surface area contributed by atoms with Crippen LogP contribution >= 0.6 is 11.3 Å². The van der Waals surface area contributed by atoms with Gasteiger partial charge in [0.15, 0.2) is 10.8 Å². The third-order valence-corrected chi connectivity index (χ3v) is 6.72. The number of hydrogen-bond acceptors (Lipinski definition) is 8. The summed E-state index contributed by atoms with van der Waals surface area (Å²) in [5.74, 6) is 1.28. The summed E-state index contributed by atoms with van der Waals surface area (Å²) in [6.45, 7) is 5.99. The number of amides is 2. The van der Waals surface area contributed by atoms with Crippen molar-refractivity contribution in [2.24, 2.45) is 0 Å². The molecule has 0 bridgehead atoms. The molecule has 0 unspecified atom stereocenters. The molecule has 0 atom stereocenters. The molecule has 0 aliphatic carbocycles. The molecule has 3 N–H and O–H groups in total. The first-order valence-corrected chi connectivity index (χ1v) is 13.6. The molecule has 0 saturated carbocycles. The number of urea groups is 1. The van der Waals surface area contributed by atoms with Crippen LogP contribution in [0.25, 0.3) is 26.6 Å². The minimum Gasteiger partial charge on any atom is -0.359 e. The fraction of sp³-hybridized carbons (Fsp3) is 0.217. The maximum atomic E-state index is 12.3. The first-order valence-electron chi connectivity index (χ1n) is 10.9. The summed E-state index contributed by atoms with van der Waals surface area (Å²) in [6, 6.07) is 12.0. The average molecular weight is 526 g/mol. The van der Waals surface area contributed by atoms with Crippen molar-refractivity contribution in [3.05, 3.63) is 54.4 Å². The largest absolute Gasteiger partial charge is 0.359 e. The molecule has 5 aromatic rings.